The third-order valence-corrected chi connectivity index (χ3v) is 1.27. The van der Waals surface area contributed by atoms with E-state index in [1.807, 2.05) is 0 Å². The summed E-state index contributed by atoms with van der Waals surface area (Å²) in [5, 5.41) is 20.7. The van der Waals surface area contributed by atoms with Gasteiger partial charge in [-0.15, -0.1) is 10.2 Å². The Morgan fingerprint density at radius 1 is 1.38 bits per heavy atom. The Hall–Kier alpha value is -1.92. The molecule has 0 fully saturated rings. The molecule has 7 nitrogen and oxygen atoms in total. The molecule has 0 aromatic heterocycles. The van der Waals surface area contributed by atoms with E-state index in [0.717, 1.165) is 14.2 Å². The number of nitrogens with zero attached hydrogens (tertiary/aromatic N) is 3. The number of rotatable bonds is 2. The fourth-order valence-electron chi connectivity index (χ4n) is 0.675. The molecule has 0 spiro atoms. The second-order valence-corrected chi connectivity index (χ2v) is 1.97. The van der Waals surface area contributed by atoms with Gasteiger partial charge < -0.3 is 14.6 Å². The summed E-state index contributed by atoms with van der Waals surface area (Å²) in [5.74, 6) is -1.55. The van der Waals surface area contributed by atoms with Gasteiger partial charge in [0.1, 0.15) is 5.70 Å². The summed E-state index contributed by atoms with van der Waals surface area (Å²) in [6.07, 6.45) is 0. The molecule has 0 radical (unpaired) electrons. The molecule has 0 bridgehead atoms. The van der Waals surface area contributed by atoms with E-state index in [9.17, 15) is 9.90 Å². The van der Waals surface area contributed by atoms with Crippen molar-refractivity contribution < 1.29 is 19.4 Å². The molecular formula is C6H6N3O4-. The molecule has 0 aromatic rings. The number of esters is 1. The Kier molecular flexibility index (Phi) is 2.58. The number of carbonyl (C=O) groups excluding carboxylic acids is 1. The van der Waals surface area contributed by atoms with Crippen molar-refractivity contribution in [3.63, 3.8) is 0 Å². The molecule has 1 heterocycles. The summed E-state index contributed by atoms with van der Waals surface area (Å²) < 4.78 is 8.68. The van der Waals surface area contributed by atoms with E-state index >= 15 is 0 Å². The van der Waals surface area contributed by atoms with Crippen molar-refractivity contribution in [1.29, 1.82) is 0 Å². The Labute approximate surface area is 73.4 Å². The summed E-state index contributed by atoms with van der Waals surface area (Å²) >= 11 is 0. The Bertz CT molecular complexity index is 318. The molecule has 0 saturated carbocycles. The first-order valence-electron chi connectivity index (χ1n) is 3.23. The van der Waals surface area contributed by atoms with Crippen LogP contribution in [0.3, 0.4) is 0 Å². The van der Waals surface area contributed by atoms with Crippen LogP contribution >= 0.6 is 0 Å². The molecule has 0 atom stereocenters. The number of carbonyl (C=O) groups is 1. The van der Waals surface area contributed by atoms with E-state index < -0.39 is 11.9 Å². The zero-order chi connectivity index (χ0) is 9.84. The fraction of sp³-hybridized carbons (Fsp3) is 0.333. The van der Waals surface area contributed by atoms with Gasteiger partial charge in [-0.1, -0.05) is 0 Å². The third-order valence-electron chi connectivity index (χ3n) is 1.27. The van der Waals surface area contributed by atoms with E-state index in [1.165, 1.54) is 0 Å². The highest BCUT2D eigenvalue weighted by atomic mass is 16.6. The summed E-state index contributed by atoms with van der Waals surface area (Å²) in [6.45, 7) is 0. The molecule has 0 amide bonds. The van der Waals surface area contributed by atoms with E-state index in [4.69, 9.17) is 0 Å². The minimum atomic E-state index is -0.773. The van der Waals surface area contributed by atoms with Crippen molar-refractivity contribution in [3.8, 4) is 0 Å². The van der Waals surface area contributed by atoms with Crippen LogP contribution in [0.4, 0.5) is 0 Å². The van der Waals surface area contributed by atoms with Gasteiger partial charge in [0.05, 0.1) is 13.1 Å². The van der Waals surface area contributed by atoms with Gasteiger partial charge in [0.25, 0.3) is 0 Å². The van der Waals surface area contributed by atoms with Gasteiger partial charge >= 0.3 is 5.97 Å². The molecule has 1 aliphatic heterocycles. The molecule has 1 rings (SSSR count). The SMILES string of the molecule is COC(=O)C1=NN=NC1=C([O-])OC. The molecule has 0 saturated heterocycles. The van der Waals surface area contributed by atoms with Crippen LogP contribution < -0.4 is 5.11 Å². The molecule has 0 aliphatic carbocycles. The first kappa shape index (κ1) is 9.17. The van der Waals surface area contributed by atoms with Gasteiger partial charge in [0, 0.05) is 0 Å². The number of ether oxygens (including phenoxy) is 2. The van der Waals surface area contributed by atoms with Gasteiger partial charge in [-0.3, -0.25) is 0 Å². The van der Waals surface area contributed by atoms with E-state index in [0.29, 0.717) is 0 Å². The average molecular weight is 184 g/mol. The molecular weight excluding hydrogens is 178 g/mol. The quantitative estimate of drug-likeness (QED) is 0.412. The monoisotopic (exact) mass is 184 g/mol. The third kappa shape index (κ3) is 1.63. The number of hydrogen-bond acceptors (Lipinski definition) is 7. The van der Waals surface area contributed by atoms with Crippen molar-refractivity contribution >= 4 is 11.7 Å². The highest BCUT2D eigenvalue weighted by Crippen LogP contribution is 2.13. The molecule has 0 unspecified atom stereocenters. The highest BCUT2D eigenvalue weighted by molar-refractivity contribution is 6.43. The van der Waals surface area contributed by atoms with Crippen LogP contribution in [0.2, 0.25) is 0 Å². The molecule has 13 heavy (non-hydrogen) atoms. The summed E-state index contributed by atoms with van der Waals surface area (Å²) in [4.78, 5) is 10.9. The zero-order valence-electron chi connectivity index (χ0n) is 6.97. The van der Waals surface area contributed by atoms with E-state index in [1.54, 1.807) is 0 Å². The molecule has 0 aromatic carbocycles. The van der Waals surface area contributed by atoms with Gasteiger partial charge in [0.2, 0.25) is 5.71 Å². The van der Waals surface area contributed by atoms with Gasteiger partial charge in [-0.25, -0.2) is 4.79 Å². The lowest BCUT2D eigenvalue weighted by molar-refractivity contribution is -0.354. The van der Waals surface area contributed by atoms with Gasteiger partial charge in [-0.2, -0.15) is 0 Å². The highest BCUT2D eigenvalue weighted by Gasteiger charge is 2.22. The van der Waals surface area contributed by atoms with Gasteiger partial charge in [-0.05, 0) is 12.3 Å². The predicted octanol–water partition coefficient (Wildman–Crippen LogP) is -0.843. The molecule has 1 aliphatic rings. The lowest BCUT2D eigenvalue weighted by Gasteiger charge is -2.09. The van der Waals surface area contributed by atoms with Crippen LogP contribution in [0.15, 0.2) is 27.1 Å². The van der Waals surface area contributed by atoms with Crippen molar-refractivity contribution in [1.82, 2.24) is 0 Å². The van der Waals surface area contributed by atoms with E-state index in [-0.39, 0.29) is 11.4 Å². The first-order valence-corrected chi connectivity index (χ1v) is 3.23. The lowest BCUT2D eigenvalue weighted by Crippen LogP contribution is -2.20. The van der Waals surface area contributed by atoms with Gasteiger partial charge in [0.15, 0.2) is 0 Å². The maximum Gasteiger partial charge on any atom is 0.361 e. The topological polar surface area (TPSA) is 95.7 Å². The number of methoxy groups -OCH3 is 2. The Morgan fingerprint density at radius 3 is 2.62 bits per heavy atom. The van der Waals surface area contributed by atoms with Crippen LogP contribution in [-0.2, 0) is 14.3 Å². The average Bonchev–Trinajstić information content (AvgIpc) is 2.63. The van der Waals surface area contributed by atoms with Crippen LogP contribution in [0, 0.1) is 0 Å². The van der Waals surface area contributed by atoms with Crippen LogP contribution in [-0.4, -0.2) is 25.9 Å². The molecule has 7 heteroatoms. The van der Waals surface area contributed by atoms with Crippen molar-refractivity contribution in [2.24, 2.45) is 15.4 Å². The van der Waals surface area contributed by atoms with Crippen LogP contribution in [0.5, 0.6) is 0 Å². The van der Waals surface area contributed by atoms with Crippen LogP contribution in [0.1, 0.15) is 0 Å². The first-order chi connectivity index (χ1) is 6.20. The Balaban J connectivity index is 2.97. The van der Waals surface area contributed by atoms with Crippen molar-refractivity contribution in [2.45, 2.75) is 0 Å². The molecule has 70 valence electrons. The maximum atomic E-state index is 10.9. The number of hydrogen-bond donors (Lipinski definition) is 0. The van der Waals surface area contributed by atoms with E-state index in [2.05, 4.69) is 24.9 Å². The summed E-state index contributed by atoms with van der Waals surface area (Å²) in [7, 11) is 2.33. The van der Waals surface area contributed by atoms with Crippen molar-refractivity contribution in [3.05, 3.63) is 11.6 Å². The minimum Gasteiger partial charge on any atom is -0.615 e. The largest absolute Gasteiger partial charge is 0.615 e. The lowest BCUT2D eigenvalue weighted by atomic mass is 10.3. The predicted molar refractivity (Wildman–Crippen MR) is 38.3 cm³/mol. The summed E-state index contributed by atoms with van der Waals surface area (Å²) in [5.41, 5.74) is -0.483. The smallest absolute Gasteiger partial charge is 0.361 e. The van der Waals surface area contributed by atoms with Crippen molar-refractivity contribution in [2.75, 3.05) is 14.2 Å². The Morgan fingerprint density at radius 2 is 2.08 bits per heavy atom. The normalized spacial score (nSPS) is 18.2. The summed E-state index contributed by atoms with van der Waals surface area (Å²) in [6, 6.07) is 0. The van der Waals surface area contributed by atoms with Crippen LogP contribution in [0.25, 0.3) is 0 Å². The second kappa shape index (κ2) is 3.65. The molecule has 0 N–H and O–H groups in total. The fourth-order valence-corrected chi connectivity index (χ4v) is 0.675. The minimum absolute atomic E-state index is 0.241. The zero-order valence-corrected chi connectivity index (χ0v) is 6.97. The maximum absolute atomic E-state index is 10.9. The second-order valence-electron chi connectivity index (χ2n) is 1.97. The standard InChI is InChI=1S/C6H7N3O4/c1-12-5(10)3-4(6(11)13-2)8-9-7-3/h10H,1-2H3/p-1.